The molecule has 3 saturated heterocycles. The van der Waals surface area contributed by atoms with Gasteiger partial charge in [0.1, 0.15) is 5.60 Å². The number of aromatic nitrogens is 1. The summed E-state index contributed by atoms with van der Waals surface area (Å²) in [7, 11) is 0. The molecule has 0 aliphatic carbocycles. The lowest BCUT2D eigenvalue weighted by atomic mass is 9.94. The van der Waals surface area contributed by atoms with E-state index < -0.39 is 0 Å². The topological polar surface area (TPSA) is 37.8 Å². The highest BCUT2D eigenvalue weighted by atomic mass is 16.5. The second-order valence-electron chi connectivity index (χ2n) is 7.70. The lowest BCUT2D eigenvalue weighted by Crippen LogP contribution is -2.44. The zero-order chi connectivity index (χ0) is 16.2. The molecular weight excluding hydrogens is 302 g/mol. The van der Waals surface area contributed by atoms with Gasteiger partial charge >= 0.3 is 0 Å². The highest BCUT2D eigenvalue weighted by Gasteiger charge is 2.43. The molecule has 0 saturated carbocycles. The van der Waals surface area contributed by atoms with Gasteiger partial charge in [-0.3, -0.25) is 9.88 Å². The van der Waals surface area contributed by atoms with Gasteiger partial charge in [-0.25, -0.2) is 0 Å². The average Bonchev–Trinajstić information content (AvgIpc) is 3.19. The molecule has 4 heterocycles. The van der Waals surface area contributed by atoms with E-state index in [1.807, 2.05) is 18.5 Å². The molecule has 1 aromatic heterocycles. The van der Waals surface area contributed by atoms with Crippen LogP contribution in [-0.2, 0) is 16.0 Å². The van der Waals surface area contributed by atoms with Gasteiger partial charge < -0.3 is 14.4 Å². The van der Waals surface area contributed by atoms with Crippen molar-refractivity contribution < 1.29 is 9.47 Å². The Morgan fingerprint density at radius 3 is 2.96 bits per heavy atom. The molecule has 24 heavy (non-hydrogen) atoms. The van der Waals surface area contributed by atoms with Crippen LogP contribution in [0, 0.1) is 5.92 Å². The zero-order valence-corrected chi connectivity index (χ0v) is 14.5. The minimum atomic E-state index is -0.108. The summed E-state index contributed by atoms with van der Waals surface area (Å²) >= 11 is 0. The molecule has 3 fully saturated rings. The Bertz CT molecular complexity index is 521. The second kappa shape index (κ2) is 7.48. The number of hydrogen-bond donors (Lipinski definition) is 0. The maximum absolute atomic E-state index is 6.34. The van der Waals surface area contributed by atoms with Gasteiger partial charge in [-0.2, -0.15) is 0 Å². The van der Waals surface area contributed by atoms with Crippen molar-refractivity contribution in [2.75, 3.05) is 52.5 Å². The molecule has 0 N–H and O–H groups in total. The van der Waals surface area contributed by atoms with Crippen LogP contribution in [0.5, 0.6) is 0 Å². The van der Waals surface area contributed by atoms with E-state index in [0.29, 0.717) is 5.92 Å². The number of hydrogen-bond acceptors (Lipinski definition) is 5. The third kappa shape index (κ3) is 3.97. The maximum Gasteiger partial charge on any atom is 0.104 e. The molecule has 5 nitrogen and oxygen atoms in total. The predicted molar refractivity (Wildman–Crippen MR) is 92.8 cm³/mol. The van der Waals surface area contributed by atoms with Crippen LogP contribution in [0.25, 0.3) is 0 Å². The number of pyridine rings is 1. The van der Waals surface area contributed by atoms with Crippen molar-refractivity contribution in [3.05, 3.63) is 30.1 Å². The summed E-state index contributed by atoms with van der Waals surface area (Å²) < 4.78 is 12.3. The third-order valence-corrected chi connectivity index (χ3v) is 5.56. The van der Waals surface area contributed by atoms with E-state index in [2.05, 4.69) is 20.9 Å². The minimum absolute atomic E-state index is 0.108. The Morgan fingerprint density at radius 2 is 2.12 bits per heavy atom. The van der Waals surface area contributed by atoms with Crippen molar-refractivity contribution in [3.8, 4) is 0 Å². The predicted octanol–water partition coefficient (Wildman–Crippen LogP) is 1.78. The Morgan fingerprint density at radius 1 is 1.21 bits per heavy atom. The molecule has 2 atom stereocenters. The van der Waals surface area contributed by atoms with Gasteiger partial charge in [0.25, 0.3) is 0 Å². The van der Waals surface area contributed by atoms with Crippen LogP contribution in [-0.4, -0.2) is 72.9 Å². The molecule has 0 amide bonds. The molecular formula is C19H29N3O2. The smallest absolute Gasteiger partial charge is 0.104 e. The molecule has 1 spiro atoms. The van der Waals surface area contributed by atoms with Gasteiger partial charge in [-0.1, -0.05) is 6.07 Å². The second-order valence-corrected chi connectivity index (χ2v) is 7.70. The van der Waals surface area contributed by atoms with Crippen LogP contribution in [0.4, 0.5) is 0 Å². The summed E-state index contributed by atoms with van der Waals surface area (Å²) in [6, 6.07) is 4.16. The van der Waals surface area contributed by atoms with Crippen LogP contribution in [0.15, 0.2) is 24.5 Å². The summed E-state index contributed by atoms with van der Waals surface area (Å²) in [5, 5.41) is 0. The van der Waals surface area contributed by atoms with E-state index in [1.165, 1.54) is 38.0 Å². The maximum atomic E-state index is 6.34. The Kier molecular flexibility index (Phi) is 5.13. The van der Waals surface area contributed by atoms with E-state index in [-0.39, 0.29) is 5.60 Å². The molecule has 132 valence electrons. The minimum Gasteiger partial charge on any atom is -0.377 e. The van der Waals surface area contributed by atoms with Crippen LogP contribution >= 0.6 is 0 Å². The van der Waals surface area contributed by atoms with Crippen LogP contribution in [0.1, 0.15) is 24.8 Å². The molecule has 0 bridgehead atoms. The summed E-state index contributed by atoms with van der Waals surface area (Å²) in [6.07, 6.45) is 7.65. The van der Waals surface area contributed by atoms with E-state index in [9.17, 15) is 0 Å². The first-order valence-electron chi connectivity index (χ1n) is 9.37. The van der Waals surface area contributed by atoms with Gasteiger partial charge in [-0.05, 0) is 49.9 Å². The molecule has 3 aliphatic heterocycles. The standard InChI is InChI=1S/C19H29N3O2/c1-2-7-21(6-1)13-18-10-19(24-14-18)15-22(8-9-23-16-19)12-17-4-3-5-20-11-17/h3-5,11,18H,1-2,6-10,12-16H2/t18-,19-/m1/s1. The Labute approximate surface area is 144 Å². The quantitative estimate of drug-likeness (QED) is 0.841. The molecule has 1 aromatic rings. The summed E-state index contributed by atoms with van der Waals surface area (Å²) in [5.41, 5.74) is 1.16. The lowest BCUT2D eigenvalue weighted by molar-refractivity contribution is -0.0563. The fourth-order valence-corrected chi connectivity index (χ4v) is 4.47. The van der Waals surface area contributed by atoms with Crippen LogP contribution < -0.4 is 0 Å². The lowest BCUT2D eigenvalue weighted by Gasteiger charge is -2.31. The van der Waals surface area contributed by atoms with Crippen molar-refractivity contribution in [1.29, 1.82) is 0 Å². The molecule has 0 aromatic carbocycles. The first-order valence-corrected chi connectivity index (χ1v) is 9.37. The molecule has 5 heteroatoms. The highest BCUT2D eigenvalue weighted by Crippen LogP contribution is 2.34. The first-order chi connectivity index (χ1) is 11.8. The number of ether oxygens (including phenoxy) is 2. The molecule has 3 aliphatic rings. The Balaban J connectivity index is 1.37. The largest absolute Gasteiger partial charge is 0.377 e. The number of nitrogens with zero attached hydrogens (tertiary/aromatic N) is 3. The molecule has 4 rings (SSSR count). The van der Waals surface area contributed by atoms with Gasteiger partial charge in [0.15, 0.2) is 0 Å². The Hall–Kier alpha value is -1.01. The average molecular weight is 331 g/mol. The first kappa shape index (κ1) is 16.5. The van der Waals surface area contributed by atoms with Crippen molar-refractivity contribution in [2.45, 2.75) is 31.4 Å². The summed E-state index contributed by atoms with van der Waals surface area (Å²) in [5.74, 6) is 0.657. The van der Waals surface area contributed by atoms with Crippen molar-refractivity contribution in [3.63, 3.8) is 0 Å². The molecule has 0 radical (unpaired) electrons. The van der Waals surface area contributed by atoms with Crippen molar-refractivity contribution in [2.24, 2.45) is 5.92 Å². The van der Waals surface area contributed by atoms with Crippen LogP contribution in [0.2, 0.25) is 0 Å². The van der Waals surface area contributed by atoms with Crippen LogP contribution in [0.3, 0.4) is 0 Å². The van der Waals surface area contributed by atoms with E-state index in [4.69, 9.17) is 9.47 Å². The van der Waals surface area contributed by atoms with Gasteiger partial charge in [-0.15, -0.1) is 0 Å². The molecule has 0 unspecified atom stereocenters. The third-order valence-electron chi connectivity index (χ3n) is 5.56. The van der Waals surface area contributed by atoms with Gasteiger partial charge in [0.05, 0.1) is 19.8 Å². The van der Waals surface area contributed by atoms with Crippen molar-refractivity contribution in [1.82, 2.24) is 14.8 Å². The van der Waals surface area contributed by atoms with E-state index >= 15 is 0 Å². The van der Waals surface area contributed by atoms with Gasteiger partial charge in [0, 0.05) is 38.6 Å². The fraction of sp³-hybridized carbons (Fsp3) is 0.737. The zero-order valence-electron chi connectivity index (χ0n) is 14.5. The highest BCUT2D eigenvalue weighted by molar-refractivity contribution is 5.08. The SMILES string of the molecule is c1cncc(CN2CCOC[C@@]3(C[C@H](CN4CCCC4)CO3)C2)c1. The normalized spacial score (nSPS) is 32.4. The monoisotopic (exact) mass is 331 g/mol. The summed E-state index contributed by atoms with van der Waals surface area (Å²) in [4.78, 5) is 9.32. The summed E-state index contributed by atoms with van der Waals surface area (Å²) in [6.45, 7) is 9.04. The van der Waals surface area contributed by atoms with E-state index in [1.54, 1.807) is 0 Å². The number of likely N-dealkylation sites (tertiary alicyclic amines) is 1. The fourth-order valence-electron chi connectivity index (χ4n) is 4.47. The van der Waals surface area contributed by atoms with Gasteiger partial charge in [0.2, 0.25) is 0 Å². The number of rotatable bonds is 4. The van der Waals surface area contributed by atoms with E-state index in [0.717, 1.165) is 45.9 Å². The van der Waals surface area contributed by atoms with Crippen molar-refractivity contribution >= 4 is 0 Å².